The Labute approximate surface area is 440 Å². The Kier molecular flexibility index (Phi) is 8.93. The molecular weight excluding hydrogens is 921 g/mol. The summed E-state index contributed by atoms with van der Waals surface area (Å²) in [4.78, 5) is 4.96. The van der Waals surface area contributed by atoms with Gasteiger partial charge in [0.25, 0.3) is 0 Å². The molecule has 0 bridgehead atoms. The number of rotatable bonds is 6. The second-order valence-electron chi connectivity index (χ2n) is 21.7. The summed E-state index contributed by atoms with van der Waals surface area (Å²) in [6, 6.07) is 86.1. The molecule has 0 spiro atoms. The lowest BCUT2D eigenvalue weighted by molar-refractivity contribution is 0.631. The number of para-hydroxylation sites is 2. The molecule has 3 nitrogen and oxygen atoms in total. The summed E-state index contributed by atoms with van der Waals surface area (Å²) in [5.74, 6) is 0. The molecule has 2 heterocycles. The van der Waals surface area contributed by atoms with Crippen LogP contribution in [-0.2, 0) is 5.41 Å². The number of hydrogen-bond donors (Lipinski definition) is 0. The van der Waals surface area contributed by atoms with Gasteiger partial charge in [0.1, 0.15) is 11.2 Å². The molecule has 0 saturated heterocycles. The smallest absolute Gasteiger partial charge is 0.137 e. The van der Waals surface area contributed by atoms with Crippen LogP contribution in [0.3, 0.4) is 0 Å². The first-order chi connectivity index (χ1) is 37.3. The van der Waals surface area contributed by atoms with Crippen molar-refractivity contribution in [2.75, 3.05) is 9.80 Å². The summed E-state index contributed by atoms with van der Waals surface area (Å²) in [6.45, 7) is 9.07. The van der Waals surface area contributed by atoms with Gasteiger partial charge in [0.2, 0.25) is 0 Å². The standard InChI is InChI=1S/C73H50N2O/c1-43-29-33-47(34-30-43)74(48-35-31-44(2)32-36-48)59-39-37-54-67-50(59)22-15-24-52(67)69-65(45-17-7-5-8-18-45)72-55-38-40-60(51-23-16-25-53(68(51)55)70(72)66(71(54)69)46-19-9-6-10-20-46)75-61-27-13-12-26-57(61)73(3,4)58-41-56-49-21-11-14-28-63(49)76-64(56)42-62(58)75/h5-42H,1-4H3. The minimum absolute atomic E-state index is 0.268. The van der Waals surface area contributed by atoms with Gasteiger partial charge in [-0.25, -0.2) is 0 Å². The van der Waals surface area contributed by atoms with Gasteiger partial charge in [-0.05, 0) is 156 Å². The van der Waals surface area contributed by atoms with Crippen LogP contribution in [0.25, 0.3) is 109 Å². The summed E-state index contributed by atoms with van der Waals surface area (Å²) in [7, 11) is 0. The molecule has 15 aromatic rings. The molecule has 0 atom stereocenters. The van der Waals surface area contributed by atoms with Gasteiger partial charge in [0.05, 0.1) is 22.7 Å². The van der Waals surface area contributed by atoms with E-state index in [4.69, 9.17) is 4.42 Å². The molecule has 1 aliphatic heterocycles. The molecular formula is C73H50N2O. The van der Waals surface area contributed by atoms with Gasteiger partial charge in [-0.15, -0.1) is 0 Å². The predicted molar refractivity (Wildman–Crippen MR) is 323 cm³/mol. The second kappa shape index (κ2) is 15.8. The van der Waals surface area contributed by atoms with Gasteiger partial charge in [-0.2, -0.15) is 0 Å². The first-order valence-electron chi connectivity index (χ1n) is 26.6. The van der Waals surface area contributed by atoms with Gasteiger partial charge in [-0.3, -0.25) is 0 Å². The van der Waals surface area contributed by atoms with Crippen LogP contribution in [0.5, 0.6) is 0 Å². The van der Waals surface area contributed by atoms with Crippen molar-refractivity contribution in [1.82, 2.24) is 0 Å². The Morgan fingerprint density at radius 3 is 1.47 bits per heavy atom. The zero-order valence-electron chi connectivity index (χ0n) is 42.7. The molecule has 0 saturated carbocycles. The number of fused-ring (bicyclic) bond motifs is 11. The minimum atomic E-state index is -0.268. The van der Waals surface area contributed by atoms with Crippen LogP contribution in [0, 0.1) is 13.8 Å². The fourth-order valence-corrected chi connectivity index (χ4v) is 13.6. The SMILES string of the molecule is Cc1ccc(N(c2ccc(C)cc2)c2ccc3c4c(-c5ccccc5)c5c6cccc7c(N8c9ccccc9C(C)(C)c9cc%10c(cc98)oc8ccccc8%10)ccc(c5c(-c5ccccc5)c4c4cccc2c34)c76)cc1. The number of hydrogen-bond acceptors (Lipinski definition) is 3. The fourth-order valence-electron chi connectivity index (χ4n) is 13.6. The Bertz CT molecular complexity index is 4700. The zero-order valence-corrected chi connectivity index (χ0v) is 42.7. The fraction of sp³-hybridized carbons (Fsp3) is 0.0685. The van der Waals surface area contributed by atoms with E-state index in [1.807, 2.05) is 0 Å². The highest BCUT2D eigenvalue weighted by Gasteiger charge is 2.39. The van der Waals surface area contributed by atoms with Crippen molar-refractivity contribution in [3.63, 3.8) is 0 Å². The van der Waals surface area contributed by atoms with Crippen molar-refractivity contribution in [2.24, 2.45) is 0 Å². The van der Waals surface area contributed by atoms with E-state index in [1.54, 1.807) is 0 Å². The number of furan rings is 1. The molecule has 0 fully saturated rings. The Hall–Kier alpha value is -9.44. The maximum atomic E-state index is 6.67. The van der Waals surface area contributed by atoms with Gasteiger partial charge < -0.3 is 14.2 Å². The van der Waals surface area contributed by atoms with Crippen LogP contribution < -0.4 is 9.80 Å². The normalized spacial score (nSPS) is 13.3. The largest absolute Gasteiger partial charge is 0.456 e. The predicted octanol–water partition coefficient (Wildman–Crippen LogP) is 20.9. The van der Waals surface area contributed by atoms with E-state index in [9.17, 15) is 0 Å². The van der Waals surface area contributed by atoms with E-state index in [0.29, 0.717) is 0 Å². The summed E-state index contributed by atoms with van der Waals surface area (Å²) < 4.78 is 6.67. The molecule has 0 unspecified atom stereocenters. The van der Waals surface area contributed by atoms with Gasteiger partial charge in [0, 0.05) is 44.4 Å². The van der Waals surface area contributed by atoms with Crippen molar-refractivity contribution in [1.29, 1.82) is 0 Å². The van der Waals surface area contributed by atoms with E-state index in [0.717, 1.165) is 50.4 Å². The van der Waals surface area contributed by atoms with Crippen molar-refractivity contribution in [3.05, 3.63) is 253 Å². The topological polar surface area (TPSA) is 19.6 Å². The first-order valence-corrected chi connectivity index (χ1v) is 26.6. The molecule has 0 amide bonds. The third-order valence-electron chi connectivity index (χ3n) is 17.0. The Morgan fingerprint density at radius 2 is 0.842 bits per heavy atom. The third-order valence-corrected chi connectivity index (χ3v) is 17.0. The minimum Gasteiger partial charge on any atom is -0.456 e. The van der Waals surface area contributed by atoms with E-state index < -0.39 is 0 Å². The van der Waals surface area contributed by atoms with Crippen LogP contribution in [0.2, 0.25) is 0 Å². The molecule has 0 N–H and O–H groups in total. The number of anilines is 6. The molecule has 0 radical (unpaired) electrons. The van der Waals surface area contributed by atoms with Crippen LogP contribution in [0.1, 0.15) is 36.1 Å². The Morgan fingerprint density at radius 1 is 0.342 bits per heavy atom. The van der Waals surface area contributed by atoms with Crippen LogP contribution in [0.4, 0.5) is 34.1 Å². The lowest BCUT2D eigenvalue weighted by Crippen LogP contribution is -2.30. The molecule has 14 aromatic carbocycles. The second-order valence-corrected chi connectivity index (χ2v) is 21.7. The maximum Gasteiger partial charge on any atom is 0.137 e. The van der Waals surface area contributed by atoms with Gasteiger partial charge in [-0.1, -0.05) is 195 Å². The van der Waals surface area contributed by atoms with Crippen molar-refractivity contribution in [2.45, 2.75) is 33.1 Å². The molecule has 3 heteroatoms. The van der Waals surface area contributed by atoms with Gasteiger partial charge >= 0.3 is 0 Å². The van der Waals surface area contributed by atoms with E-state index in [2.05, 4.69) is 268 Å². The highest BCUT2D eigenvalue weighted by atomic mass is 16.3. The zero-order chi connectivity index (χ0) is 50.6. The monoisotopic (exact) mass is 970 g/mol. The third kappa shape index (κ3) is 5.88. The van der Waals surface area contributed by atoms with Crippen molar-refractivity contribution >= 4 is 121 Å². The average molecular weight is 971 g/mol. The van der Waals surface area contributed by atoms with E-state index >= 15 is 0 Å². The molecule has 1 aliphatic rings. The summed E-state index contributed by atoms with van der Waals surface area (Å²) >= 11 is 0. The van der Waals surface area contributed by atoms with E-state index in [-0.39, 0.29) is 5.41 Å². The molecule has 1 aromatic heterocycles. The maximum absolute atomic E-state index is 6.67. The lowest BCUT2D eigenvalue weighted by atomic mass is 9.73. The number of aryl methyl sites for hydroxylation is 2. The number of nitrogens with zero attached hydrogens (tertiary/aromatic N) is 2. The van der Waals surface area contributed by atoms with Crippen LogP contribution >= 0.6 is 0 Å². The van der Waals surface area contributed by atoms with Crippen molar-refractivity contribution in [3.8, 4) is 22.3 Å². The quantitative estimate of drug-likeness (QED) is 0.166. The molecule has 76 heavy (non-hydrogen) atoms. The number of benzene rings is 12. The molecule has 0 aliphatic carbocycles. The highest BCUT2D eigenvalue weighted by molar-refractivity contribution is 6.47. The van der Waals surface area contributed by atoms with Crippen LogP contribution in [-0.4, -0.2) is 0 Å². The molecule has 358 valence electrons. The average Bonchev–Trinajstić information content (AvgIpc) is 4.29. The van der Waals surface area contributed by atoms with E-state index in [1.165, 1.54) is 115 Å². The first kappa shape index (κ1) is 43.0. The Balaban J connectivity index is 1.04. The molecule has 16 rings (SSSR count). The summed E-state index contributed by atoms with van der Waals surface area (Å²) in [6.07, 6.45) is 0. The lowest BCUT2D eigenvalue weighted by Gasteiger charge is -2.42. The highest BCUT2D eigenvalue weighted by Crippen LogP contribution is 2.59. The van der Waals surface area contributed by atoms with Crippen LogP contribution in [0.15, 0.2) is 235 Å². The van der Waals surface area contributed by atoms with Crippen molar-refractivity contribution < 1.29 is 4.42 Å². The summed E-state index contributed by atoms with van der Waals surface area (Å²) in [5.41, 5.74) is 18.5. The van der Waals surface area contributed by atoms with Gasteiger partial charge in [0.15, 0.2) is 0 Å². The summed E-state index contributed by atoms with van der Waals surface area (Å²) in [5, 5.41) is 17.5.